The third-order valence-electron chi connectivity index (χ3n) is 3.93. The maximum atomic E-state index is 12.4. The number of nitrogens with zero attached hydrogens (tertiary/aromatic N) is 2. The molecule has 1 aromatic heterocycles. The monoisotopic (exact) mass is 387 g/mol. The molecule has 8 nitrogen and oxygen atoms in total. The van der Waals surface area contributed by atoms with Crippen LogP contribution < -0.4 is 10.2 Å². The van der Waals surface area contributed by atoms with Crippen molar-refractivity contribution in [2.24, 2.45) is 0 Å². The predicted octanol–water partition coefficient (Wildman–Crippen LogP) is 2.53. The molecule has 1 saturated heterocycles. The summed E-state index contributed by atoms with van der Waals surface area (Å²) in [7, 11) is 0. The van der Waals surface area contributed by atoms with E-state index in [0.29, 0.717) is 16.9 Å². The molecule has 1 aliphatic heterocycles. The fourth-order valence-corrected chi connectivity index (χ4v) is 3.39. The minimum absolute atomic E-state index is 0.111. The summed E-state index contributed by atoms with van der Waals surface area (Å²) in [5.41, 5.74) is 1.71. The van der Waals surface area contributed by atoms with Crippen LogP contribution in [-0.2, 0) is 14.3 Å². The summed E-state index contributed by atoms with van der Waals surface area (Å²) in [6.07, 6.45) is 1.74. The second kappa shape index (κ2) is 7.67. The number of aryl methyl sites for hydroxylation is 1. The number of benzene rings is 1. The summed E-state index contributed by atoms with van der Waals surface area (Å²) in [5.74, 6) is -1.43. The number of esters is 1. The van der Waals surface area contributed by atoms with E-state index < -0.39 is 11.9 Å². The van der Waals surface area contributed by atoms with Crippen LogP contribution in [-0.4, -0.2) is 35.3 Å². The van der Waals surface area contributed by atoms with Gasteiger partial charge in [0.15, 0.2) is 0 Å². The van der Waals surface area contributed by atoms with Crippen molar-refractivity contribution in [1.29, 1.82) is 0 Å². The SMILES string of the molecule is CCOC(=O)c1ncc(C(=O)Nc2ccc(N3C(=O)CCC3=O)c(C)c2)s1. The van der Waals surface area contributed by atoms with E-state index in [1.54, 1.807) is 32.0 Å². The molecule has 0 unspecified atom stereocenters. The second-order valence-corrected chi connectivity index (χ2v) is 6.86. The van der Waals surface area contributed by atoms with E-state index in [9.17, 15) is 19.2 Å². The molecule has 0 spiro atoms. The van der Waals surface area contributed by atoms with Gasteiger partial charge >= 0.3 is 5.97 Å². The number of carbonyl (C=O) groups excluding carboxylic acids is 4. The smallest absolute Gasteiger partial charge is 0.367 e. The largest absolute Gasteiger partial charge is 0.461 e. The zero-order chi connectivity index (χ0) is 19.6. The molecule has 1 aliphatic rings. The van der Waals surface area contributed by atoms with Gasteiger partial charge in [0.25, 0.3) is 5.91 Å². The number of hydrogen-bond donors (Lipinski definition) is 1. The molecule has 1 fully saturated rings. The van der Waals surface area contributed by atoms with Crippen molar-refractivity contribution in [2.45, 2.75) is 26.7 Å². The molecular weight excluding hydrogens is 370 g/mol. The summed E-state index contributed by atoms with van der Waals surface area (Å²) in [6.45, 7) is 3.68. The van der Waals surface area contributed by atoms with Gasteiger partial charge in [-0.25, -0.2) is 9.78 Å². The third kappa shape index (κ3) is 3.87. The number of aromatic nitrogens is 1. The molecule has 1 N–H and O–H groups in total. The van der Waals surface area contributed by atoms with E-state index in [4.69, 9.17) is 4.74 Å². The number of amides is 3. The molecule has 0 saturated carbocycles. The van der Waals surface area contributed by atoms with E-state index in [1.165, 1.54) is 11.1 Å². The van der Waals surface area contributed by atoms with Crippen molar-refractivity contribution in [1.82, 2.24) is 4.98 Å². The van der Waals surface area contributed by atoms with Crippen LogP contribution in [0.5, 0.6) is 0 Å². The minimum atomic E-state index is -0.568. The van der Waals surface area contributed by atoms with Gasteiger partial charge in [-0.2, -0.15) is 0 Å². The second-order valence-electron chi connectivity index (χ2n) is 5.83. The summed E-state index contributed by atoms with van der Waals surface area (Å²) in [5, 5.41) is 2.83. The fourth-order valence-electron chi connectivity index (χ4n) is 2.69. The molecule has 140 valence electrons. The number of anilines is 2. The Labute approximate surface area is 159 Å². The van der Waals surface area contributed by atoms with Crippen molar-refractivity contribution in [3.05, 3.63) is 39.8 Å². The van der Waals surface area contributed by atoms with E-state index in [0.717, 1.165) is 11.3 Å². The Bertz CT molecular complexity index is 921. The van der Waals surface area contributed by atoms with Gasteiger partial charge in [0.05, 0.1) is 18.5 Å². The number of ether oxygens (including phenoxy) is 1. The fraction of sp³-hybridized carbons (Fsp3) is 0.278. The molecule has 2 heterocycles. The van der Waals surface area contributed by atoms with E-state index >= 15 is 0 Å². The normalized spacial score (nSPS) is 13.8. The zero-order valence-electron chi connectivity index (χ0n) is 14.8. The minimum Gasteiger partial charge on any atom is -0.461 e. The standard InChI is InChI=1S/C18H17N3O5S/c1-3-26-18(25)17-19-9-13(27-17)16(24)20-11-4-5-12(10(2)8-11)21-14(22)6-7-15(21)23/h4-5,8-9H,3,6-7H2,1-2H3,(H,20,24). The number of carbonyl (C=O) groups is 4. The first-order valence-electron chi connectivity index (χ1n) is 8.31. The molecule has 9 heteroatoms. The molecule has 2 aromatic rings. The summed E-state index contributed by atoms with van der Waals surface area (Å²) in [4.78, 5) is 53.1. The van der Waals surface area contributed by atoms with E-state index in [1.807, 2.05) is 0 Å². The molecule has 27 heavy (non-hydrogen) atoms. The van der Waals surface area contributed by atoms with Gasteiger partial charge < -0.3 is 10.1 Å². The highest BCUT2D eigenvalue weighted by Crippen LogP contribution is 2.28. The Kier molecular flexibility index (Phi) is 5.31. The van der Waals surface area contributed by atoms with Crippen molar-refractivity contribution in [3.8, 4) is 0 Å². The first kappa shape index (κ1) is 18.7. The predicted molar refractivity (Wildman–Crippen MR) is 98.9 cm³/mol. The van der Waals surface area contributed by atoms with Crippen LogP contribution in [0.2, 0.25) is 0 Å². The lowest BCUT2D eigenvalue weighted by Crippen LogP contribution is -2.29. The quantitative estimate of drug-likeness (QED) is 0.624. The number of imide groups is 1. The highest BCUT2D eigenvalue weighted by molar-refractivity contribution is 7.15. The average molecular weight is 387 g/mol. The van der Waals surface area contributed by atoms with Gasteiger partial charge in [0.1, 0.15) is 4.88 Å². The number of hydrogen-bond acceptors (Lipinski definition) is 7. The van der Waals surface area contributed by atoms with Gasteiger partial charge in [0.2, 0.25) is 16.8 Å². The van der Waals surface area contributed by atoms with Gasteiger partial charge in [-0.3, -0.25) is 19.3 Å². The van der Waals surface area contributed by atoms with Gasteiger partial charge in [-0.15, -0.1) is 11.3 Å². The third-order valence-corrected chi connectivity index (χ3v) is 4.90. The van der Waals surface area contributed by atoms with Crippen molar-refractivity contribution >= 4 is 46.4 Å². The highest BCUT2D eigenvalue weighted by Gasteiger charge is 2.31. The lowest BCUT2D eigenvalue weighted by atomic mass is 10.1. The first-order chi connectivity index (χ1) is 12.9. The van der Waals surface area contributed by atoms with Crippen molar-refractivity contribution < 1.29 is 23.9 Å². The Morgan fingerprint density at radius 3 is 2.59 bits per heavy atom. The Hall–Kier alpha value is -3.07. The Morgan fingerprint density at radius 2 is 1.96 bits per heavy atom. The van der Waals surface area contributed by atoms with Crippen LogP contribution in [0, 0.1) is 6.92 Å². The first-order valence-corrected chi connectivity index (χ1v) is 9.13. The average Bonchev–Trinajstić information content (AvgIpc) is 3.24. The molecule has 0 bridgehead atoms. The summed E-state index contributed by atoms with van der Waals surface area (Å²) < 4.78 is 4.85. The summed E-state index contributed by atoms with van der Waals surface area (Å²) in [6, 6.07) is 4.93. The molecule has 1 aromatic carbocycles. The Morgan fingerprint density at radius 1 is 1.26 bits per heavy atom. The molecule has 0 radical (unpaired) electrons. The van der Waals surface area contributed by atoms with Gasteiger partial charge in [-0.05, 0) is 37.6 Å². The maximum Gasteiger partial charge on any atom is 0.367 e. The van der Waals surface area contributed by atoms with E-state index in [2.05, 4.69) is 10.3 Å². The van der Waals surface area contributed by atoms with Gasteiger partial charge in [-0.1, -0.05) is 0 Å². The van der Waals surface area contributed by atoms with Gasteiger partial charge in [0, 0.05) is 18.5 Å². The van der Waals surface area contributed by atoms with Crippen LogP contribution >= 0.6 is 11.3 Å². The van der Waals surface area contributed by atoms with Crippen LogP contribution in [0.25, 0.3) is 0 Å². The lowest BCUT2D eigenvalue weighted by Gasteiger charge is -2.17. The molecule has 3 amide bonds. The summed E-state index contributed by atoms with van der Waals surface area (Å²) >= 11 is 0.941. The molecule has 3 rings (SSSR count). The molecule has 0 atom stereocenters. The van der Waals surface area contributed by atoms with Crippen LogP contribution in [0.4, 0.5) is 11.4 Å². The Balaban J connectivity index is 1.73. The lowest BCUT2D eigenvalue weighted by molar-refractivity contribution is -0.121. The highest BCUT2D eigenvalue weighted by atomic mass is 32.1. The molecule has 0 aliphatic carbocycles. The van der Waals surface area contributed by atoms with Crippen LogP contribution in [0.15, 0.2) is 24.4 Å². The topological polar surface area (TPSA) is 106 Å². The molecular formula is C18H17N3O5S. The van der Waals surface area contributed by atoms with E-state index in [-0.39, 0.29) is 41.1 Å². The van der Waals surface area contributed by atoms with Crippen molar-refractivity contribution in [2.75, 3.05) is 16.8 Å². The number of nitrogens with one attached hydrogen (secondary N) is 1. The number of rotatable bonds is 5. The number of thiazole rings is 1. The zero-order valence-corrected chi connectivity index (χ0v) is 15.6. The van der Waals surface area contributed by atoms with Crippen LogP contribution in [0.1, 0.15) is 44.8 Å². The maximum absolute atomic E-state index is 12.4. The van der Waals surface area contributed by atoms with Crippen molar-refractivity contribution in [3.63, 3.8) is 0 Å². The van der Waals surface area contributed by atoms with Crippen LogP contribution in [0.3, 0.4) is 0 Å².